The van der Waals surface area contributed by atoms with Crippen LogP contribution < -0.4 is 16.6 Å². The molecule has 5 N–H and O–H groups in total. The first kappa shape index (κ1) is 43.7. The van der Waals surface area contributed by atoms with E-state index in [0.29, 0.717) is 40.9 Å². The summed E-state index contributed by atoms with van der Waals surface area (Å²) in [5.41, 5.74) is 1.74. The second kappa shape index (κ2) is 17.9. The number of rotatable bonds is 16. The molecule has 0 unspecified atom stereocenters. The highest BCUT2D eigenvalue weighted by molar-refractivity contribution is 7.12. The van der Waals surface area contributed by atoms with Crippen LogP contribution in [0.5, 0.6) is 5.75 Å². The minimum atomic E-state index is -2.23. The zero-order chi connectivity index (χ0) is 42.8. The highest BCUT2D eigenvalue weighted by atomic mass is 32.1. The molecule has 0 radical (unpaired) electrons. The van der Waals surface area contributed by atoms with Crippen LogP contribution in [0.1, 0.15) is 79.9 Å². The third-order valence-corrected chi connectivity index (χ3v) is 18.9. The number of benzene rings is 2. The van der Waals surface area contributed by atoms with E-state index < -0.39 is 19.9 Å². The average molecular weight is 872 g/mol. The lowest BCUT2D eigenvalue weighted by atomic mass is 9.91. The molecule has 0 bridgehead atoms. The fraction of sp³-hybridized carbons (Fsp3) is 0.444. The molecule has 0 aliphatic heterocycles. The van der Waals surface area contributed by atoms with Gasteiger partial charge in [0.15, 0.2) is 8.32 Å². The van der Waals surface area contributed by atoms with E-state index in [-0.39, 0.29) is 34.2 Å². The van der Waals surface area contributed by atoms with E-state index in [1.165, 1.54) is 28.7 Å². The number of fused-ring (bicyclic) bond motifs is 2. The summed E-state index contributed by atoms with van der Waals surface area (Å²) in [5.74, 6) is -0.598. The summed E-state index contributed by atoms with van der Waals surface area (Å²) in [6.07, 6.45) is 3.42. The molecule has 1 atom stereocenters. The minimum absolute atomic E-state index is 0.0157. The van der Waals surface area contributed by atoms with E-state index in [9.17, 15) is 24.6 Å². The molecule has 0 spiro atoms. The van der Waals surface area contributed by atoms with Crippen molar-refractivity contribution in [2.75, 3.05) is 20.1 Å². The van der Waals surface area contributed by atoms with Crippen molar-refractivity contribution in [3.8, 4) is 5.75 Å². The van der Waals surface area contributed by atoms with Gasteiger partial charge >= 0.3 is 11.7 Å². The highest BCUT2D eigenvalue weighted by Crippen LogP contribution is 2.42. The number of imidazole rings is 1. The van der Waals surface area contributed by atoms with Crippen LogP contribution in [0.15, 0.2) is 87.1 Å². The number of aryl methyl sites for hydroxylation is 1. The van der Waals surface area contributed by atoms with Gasteiger partial charge in [0.1, 0.15) is 11.9 Å². The number of hydrogen-bond donors (Lipinski definition) is 5. The minimum Gasteiger partial charge on any atom is -0.506 e. The number of aromatic hydroxyl groups is 1. The summed E-state index contributed by atoms with van der Waals surface area (Å²) in [6, 6.07) is 20.3. The second-order valence-corrected chi connectivity index (χ2v) is 24.2. The summed E-state index contributed by atoms with van der Waals surface area (Å²) in [6.45, 7) is 13.5. The Morgan fingerprint density at radius 2 is 1.68 bits per heavy atom. The van der Waals surface area contributed by atoms with E-state index >= 15 is 0 Å². The molecule has 1 aliphatic carbocycles. The van der Waals surface area contributed by atoms with E-state index in [0.717, 1.165) is 66.2 Å². The van der Waals surface area contributed by atoms with Gasteiger partial charge in [-0.25, -0.2) is 9.59 Å². The predicted octanol–water partition coefficient (Wildman–Crippen LogP) is 7.96. The molecule has 0 amide bonds. The third-order valence-electron chi connectivity index (χ3n) is 12.5. The molecule has 1 fully saturated rings. The zero-order valence-electron chi connectivity index (χ0n) is 35.2. The number of nitrogens with one attached hydrogen (secondary N) is 3. The molecular formula is C45H57N5O7S2Si. The Morgan fingerprint density at radius 3 is 2.33 bits per heavy atom. The first-order valence-electron chi connectivity index (χ1n) is 20.7. The van der Waals surface area contributed by atoms with Crippen molar-refractivity contribution in [2.24, 2.45) is 0 Å². The molecule has 2 aromatic carbocycles. The number of nitrogens with zero attached hydrogens (tertiary/aromatic N) is 2. The SMILES string of the molecule is CN(CCCn1c(=O)[nH]c2cc(CNC[C@H](O[Si](C)(C)C(C)(C)C)c3ccc(O)c4[nH]c(=O)ccc34)ccc21)C1CCC(OC(=O)C(O)(c2cccs2)c2cccs2)CC1. The van der Waals surface area contributed by atoms with Gasteiger partial charge in [-0.15, -0.1) is 22.7 Å². The third kappa shape index (κ3) is 9.27. The largest absolute Gasteiger partial charge is 0.506 e. The number of pyridine rings is 1. The Bertz CT molecular complexity index is 2480. The van der Waals surface area contributed by atoms with Crippen molar-refractivity contribution in [3.05, 3.63) is 119 Å². The lowest BCUT2D eigenvalue weighted by molar-refractivity contribution is -0.169. The molecule has 320 valence electrons. The molecular weight excluding hydrogens is 815 g/mol. The van der Waals surface area contributed by atoms with E-state index in [1.54, 1.807) is 24.3 Å². The van der Waals surface area contributed by atoms with Gasteiger partial charge in [0.05, 0.1) is 32.4 Å². The lowest BCUT2D eigenvalue weighted by Gasteiger charge is -2.39. The van der Waals surface area contributed by atoms with Crippen LogP contribution in [-0.4, -0.2) is 76.2 Å². The number of carbonyl (C=O) groups is 1. The predicted molar refractivity (Wildman–Crippen MR) is 243 cm³/mol. The maximum atomic E-state index is 13.5. The number of hydrogen-bond acceptors (Lipinski definition) is 11. The van der Waals surface area contributed by atoms with Crippen molar-refractivity contribution < 1.29 is 24.2 Å². The number of phenols is 1. The molecule has 1 aliphatic rings. The van der Waals surface area contributed by atoms with Crippen molar-refractivity contribution in [3.63, 3.8) is 0 Å². The van der Waals surface area contributed by atoms with Crippen LogP contribution in [-0.2, 0) is 32.6 Å². The summed E-state index contributed by atoms with van der Waals surface area (Å²) < 4.78 is 14.7. The Hall–Kier alpha value is -4.35. The summed E-state index contributed by atoms with van der Waals surface area (Å²) in [4.78, 5) is 48.0. The lowest BCUT2D eigenvalue weighted by Crippen LogP contribution is -2.43. The van der Waals surface area contributed by atoms with Gasteiger partial charge < -0.3 is 39.6 Å². The van der Waals surface area contributed by atoms with E-state index in [1.807, 2.05) is 51.7 Å². The molecule has 4 heterocycles. The first-order valence-corrected chi connectivity index (χ1v) is 25.4. The molecule has 4 aromatic heterocycles. The van der Waals surface area contributed by atoms with Crippen LogP contribution in [0, 0.1) is 0 Å². The maximum absolute atomic E-state index is 13.5. The first-order chi connectivity index (χ1) is 28.5. The monoisotopic (exact) mass is 871 g/mol. The molecule has 12 nitrogen and oxygen atoms in total. The fourth-order valence-electron chi connectivity index (χ4n) is 7.97. The van der Waals surface area contributed by atoms with Crippen molar-refractivity contribution >= 4 is 58.9 Å². The second-order valence-electron chi connectivity index (χ2n) is 17.6. The van der Waals surface area contributed by atoms with Crippen molar-refractivity contribution in [1.82, 2.24) is 24.8 Å². The molecule has 60 heavy (non-hydrogen) atoms. The van der Waals surface area contributed by atoms with Crippen LogP contribution in [0.3, 0.4) is 0 Å². The van der Waals surface area contributed by atoms with Crippen molar-refractivity contribution in [2.45, 2.75) is 108 Å². The summed E-state index contributed by atoms with van der Waals surface area (Å²) in [7, 11) is -0.115. The van der Waals surface area contributed by atoms with Gasteiger partial charge in [-0.1, -0.05) is 45.0 Å². The standard InChI is InChI=1S/C45H57N5O7S2Si/c1-44(2,3)60(5,6)57-37(32-17-20-36(51)41-33(32)18-21-40(52)48-41)28-46-27-29-12-19-35-34(26-29)47-43(54)50(35)23-9-22-49(4)30-13-15-31(16-14-30)56-42(53)45(55,38-10-7-24-58-38)39-11-8-25-59-39/h7-8,10-12,17-21,24-26,30-31,37,46,51,55H,9,13-16,22-23,27-28H2,1-6H3,(H,47,54)(H,48,52)/t30?,31?,37-/m0/s1. The van der Waals surface area contributed by atoms with E-state index in [2.05, 4.69) is 61.1 Å². The van der Waals surface area contributed by atoms with Gasteiger partial charge in [-0.3, -0.25) is 9.36 Å². The molecule has 6 aromatic rings. The number of H-pyrrole nitrogens is 2. The Labute approximate surface area is 359 Å². The number of aliphatic hydroxyl groups is 1. The van der Waals surface area contributed by atoms with Gasteiger partial charge in [-0.2, -0.15) is 0 Å². The van der Waals surface area contributed by atoms with Gasteiger partial charge in [0, 0.05) is 37.1 Å². The molecule has 15 heteroatoms. The quantitative estimate of drug-likeness (QED) is 0.0480. The Morgan fingerprint density at radius 1 is 0.983 bits per heavy atom. The molecule has 7 rings (SSSR count). The average Bonchev–Trinajstić information content (AvgIpc) is 4.01. The Kier molecular flexibility index (Phi) is 13.1. The molecule has 1 saturated carbocycles. The van der Waals surface area contributed by atoms with Gasteiger partial charge in [-0.05, 0) is 122 Å². The van der Waals surface area contributed by atoms with Crippen LogP contribution >= 0.6 is 22.7 Å². The Balaban J connectivity index is 0.930. The van der Waals surface area contributed by atoms with Crippen LogP contribution in [0.2, 0.25) is 18.1 Å². The number of carbonyl (C=O) groups excluding carboxylic acids is 1. The number of phenolic OH excluding ortho intramolecular Hbond substituents is 1. The molecule has 0 saturated heterocycles. The van der Waals surface area contributed by atoms with Gasteiger partial charge in [0.25, 0.3) is 0 Å². The van der Waals surface area contributed by atoms with Crippen molar-refractivity contribution in [1.29, 1.82) is 0 Å². The summed E-state index contributed by atoms with van der Waals surface area (Å²) >= 11 is 2.69. The van der Waals surface area contributed by atoms with Crippen LogP contribution in [0.25, 0.3) is 21.9 Å². The number of aromatic amines is 2. The van der Waals surface area contributed by atoms with Crippen LogP contribution in [0.4, 0.5) is 0 Å². The maximum Gasteiger partial charge on any atom is 0.349 e. The number of esters is 1. The van der Waals surface area contributed by atoms with Gasteiger partial charge in [0.2, 0.25) is 11.2 Å². The number of thiophene rings is 2. The number of aromatic nitrogens is 3. The number of ether oxygens (including phenoxy) is 1. The smallest absolute Gasteiger partial charge is 0.349 e. The fourth-order valence-corrected chi connectivity index (χ4v) is 11.0. The van der Waals surface area contributed by atoms with E-state index in [4.69, 9.17) is 9.16 Å². The normalized spacial score (nSPS) is 17.1. The topological polar surface area (TPSA) is 162 Å². The highest BCUT2D eigenvalue weighted by Gasteiger charge is 2.45. The summed E-state index contributed by atoms with van der Waals surface area (Å²) in [5, 5.41) is 30.2. The zero-order valence-corrected chi connectivity index (χ0v) is 37.9.